The predicted octanol–water partition coefficient (Wildman–Crippen LogP) is 5.70. The normalized spacial score (nSPS) is 12.7. The Morgan fingerprint density at radius 3 is 2.75 bits per heavy atom. The summed E-state index contributed by atoms with van der Waals surface area (Å²) in [7, 11) is 0. The summed E-state index contributed by atoms with van der Waals surface area (Å²) in [5, 5.41) is 3.96. The molecule has 0 spiro atoms. The van der Waals surface area contributed by atoms with Gasteiger partial charge in [-0.1, -0.05) is 18.5 Å². The standard InChI is InChI=1S/C15H16BrClFNS/c1-3-6-19-14(15-12(16)7-9(2)20-15)11-8-10(17)4-5-13(11)18/h4-5,7-8,14,19H,3,6H2,1-2H3. The third kappa shape index (κ3) is 3.61. The van der Waals surface area contributed by atoms with Crippen molar-refractivity contribution < 1.29 is 4.39 Å². The highest BCUT2D eigenvalue weighted by atomic mass is 79.9. The Morgan fingerprint density at radius 2 is 2.15 bits per heavy atom. The Hall–Kier alpha value is -0.420. The summed E-state index contributed by atoms with van der Waals surface area (Å²) in [6, 6.07) is 6.58. The summed E-state index contributed by atoms with van der Waals surface area (Å²) in [6.07, 6.45) is 0.987. The molecule has 0 aliphatic rings. The van der Waals surface area contributed by atoms with Gasteiger partial charge in [0, 0.05) is 24.8 Å². The molecule has 1 N–H and O–H groups in total. The summed E-state index contributed by atoms with van der Waals surface area (Å²) in [5.41, 5.74) is 0.591. The van der Waals surface area contributed by atoms with E-state index in [-0.39, 0.29) is 11.9 Å². The van der Waals surface area contributed by atoms with Gasteiger partial charge in [-0.3, -0.25) is 0 Å². The van der Waals surface area contributed by atoms with Gasteiger partial charge in [-0.2, -0.15) is 0 Å². The number of benzene rings is 1. The third-order valence-corrected chi connectivity index (χ3v) is 5.24. The number of hydrogen-bond donors (Lipinski definition) is 1. The minimum atomic E-state index is -0.235. The van der Waals surface area contributed by atoms with Gasteiger partial charge in [-0.15, -0.1) is 11.3 Å². The first-order chi connectivity index (χ1) is 9.52. The molecule has 0 fully saturated rings. The Kier molecular flexibility index (Phi) is 5.61. The van der Waals surface area contributed by atoms with E-state index in [1.807, 2.05) is 6.92 Å². The van der Waals surface area contributed by atoms with Gasteiger partial charge in [0.05, 0.1) is 6.04 Å². The van der Waals surface area contributed by atoms with E-state index in [1.165, 1.54) is 10.9 Å². The van der Waals surface area contributed by atoms with Crippen molar-refractivity contribution in [3.63, 3.8) is 0 Å². The Morgan fingerprint density at radius 1 is 1.40 bits per heavy atom. The molecule has 5 heteroatoms. The number of halogens is 3. The molecule has 1 aromatic carbocycles. The second-order valence-corrected chi connectivity index (χ2v) is 7.20. The molecule has 0 radical (unpaired) electrons. The van der Waals surface area contributed by atoms with Crippen LogP contribution in [0.5, 0.6) is 0 Å². The summed E-state index contributed by atoms with van der Waals surface area (Å²) in [4.78, 5) is 2.27. The van der Waals surface area contributed by atoms with Crippen LogP contribution in [-0.2, 0) is 0 Å². The molecule has 20 heavy (non-hydrogen) atoms. The molecular weight excluding hydrogens is 361 g/mol. The van der Waals surface area contributed by atoms with Gasteiger partial charge in [-0.25, -0.2) is 4.39 Å². The maximum absolute atomic E-state index is 14.2. The lowest BCUT2D eigenvalue weighted by Crippen LogP contribution is -2.23. The van der Waals surface area contributed by atoms with Crippen molar-refractivity contribution in [1.82, 2.24) is 5.32 Å². The maximum Gasteiger partial charge on any atom is 0.128 e. The average molecular weight is 377 g/mol. The quantitative estimate of drug-likeness (QED) is 0.705. The molecule has 1 unspecified atom stereocenters. The Bertz CT molecular complexity index is 600. The maximum atomic E-state index is 14.2. The van der Waals surface area contributed by atoms with E-state index in [9.17, 15) is 4.39 Å². The molecule has 0 aliphatic heterocycles. The SMILES string of the molecule is CCCNC(c1cc(Cl)ccc1F)c1sc(C)cc1Br. The molecule has 2 aromatic rings. The molecule has 1 atom stereocenters. The van der Waals surface area contributed by atoms with E-state index >= 15 is 0 Å². The fourth-order valence-electron chi connectivity index (χ4n) is 2.07. The highest BCUT2D eigenvalue weighted by Crippen LogP contribution is 2.37. The zero-order valence-electron chi connectivity index (χ0n) is 11.3. The number of rotatable bonds is 5. The van der Waals surface area contributed by atoms with Crippen LogP contribution in [0.15, 0.2) is 28.7 Å². The van der Waals surface area contributed by atoms with Crippen LogP contribution in [0.2, 0.25) is 5.02 Å². The van der Waals surface area contributed by atoms with Crippen molar-refractivity contribution in [3.05, 3.63) is 54.9 Å². The molecular formula is C15H16BrClFNS. The van der Waals surface area contributed by atoms with Crippen molar-refractivity contribution in [2.75, 3.05) is 6.54 Å². The Balaban J connectivity index is 2.46. The van der Waals surface area contributed by atoms with E-state index in [0.29, 0.717) is 10.6 Å². The molecule has 1 aromatic heterocycles. The molecule has 1 nitrogen and oxygen atoms in total. The smallest absolute Gasteiger partial charge is 0.128 e. The van der Waals surface area contributed by atoms with E-state index in [4.69, 9.17) is 11.6 Å². The van der Waals surface area contributed by atoms with Crippen LogP contribution in [0.1, 0.15) is 34.7 Å². The van der Waals surface area contributed by atoms with Crippen LogP contribution in [0.3, 0.4) is 0 Å². The van der Waals surface area contributed by atoms with Crippen molar-refractivity contribution >= 4 is 38.9 Å². The minimum absolute atomic E-state index is 0.179. The molecule has 1 heterocycles. The molecule has 0 aliphatic carbocycles. The summed E-state index contributed by atoms with van der Waals surface area (Å²) in [6.45, 7) is 4.96. The van der Waals surface area contributed by atoms with Gasteiger partial charge in [0.1, 0.15) is 5.82 Å². The van der Waals surface area contributed by atoms with Crippen LogP contribution in [-0.4, -0.2) is 6.54 Å². The number of hydrogen-bond acceptors (Lipinski definition) is 2. The average Bonchev–Trinajstić information content (AvgIpc) is 2.73. The lowest BCUT2D eigenvalue weighted by atomic mass is 10.0. The molecule has 0 saturated carbocycles. The molecule has 108 valence electrons. The van der Waals surface area contributed by atoms with Gasteiger partial charge in [0.15, 0.2) is 0 Å². The van der Waals surface area contributed by atoms with Gasteiger partial charge in [0.25, 0.3) is 0 Å². The Labute approximate surface area is 136 Å². The van der Waals surface area contributed by atoms with E-state index < -0.39 is 0 Å². The van der Waals surface area contributed by atoms with Gasteiger partial charge in [0.2, 0.25) is 0 Å². The number of thiophene rings is 1. The number of nitrogens with one attached hydrogen (secondary N) is 1. The molecule has 0 saturated heterocycles. The highest BCUT2D eigenvalue weighted by molar-refractivity contribution is 9.10. The van der Waals surface area contributed by atoms with Crippen molar-refractivity contribution in [3.8, 4) is 0 Å². The van der Waals surface area contributed by atoms with Crippen LogP contribution in [0, 0.1) is 12.7 Å². The molecule has 0 amide bonds. The fraction of sp³-hybridized carbons (Fsp3) is 0.333. The highest BCUT2D eigenvalue weighted by Gasteiger charge is 2.22. The summed E-state index contributed by atoms with van der Waals surface area (Å²) < 4.78 is 15.2. The van der Waals surface area contributed by atoms with Gasteiger partial charge >= 0.3 is 0 Å². The van der Waals surface area contributed by atoms with Crippen LogP contribution in [0.25, 0.3) is 0 Å². The van der Waals surface area contributed by atoms with Crippen molar-refractivity contribution in [2.24, 2.45) is 0 Å². The van der Waals surface area contributed by atoms with E-state index in [2.05, 4.69) is 34.2 Å². The first kappa shape index (κ1) is 16.0. The van der Waals surface area contributed by atoms with Gasteiger partial charge < -0.3 is 5.32 Å². The van der Waals surface area contributed by atoms with Crippen LogP contribution < -0.4 is 5.32 Å². The zero-order chi connectivity index (χ0) is 14.7. The van der Waals surface area contributed by atoms with Crippen molar-refractivity contribution in [1.29, 1.82) is 0 Å². The van der Waals surface area contributed by atoms with Crippen LogP contribution in [0.4, 0.5) is 4.39 Å². The fourth-order valence-corrected chi connectivity index (χ4v) is 4.22. The van der Waals surface area contributed by atoms with Crippen molar-refractivity contribution in [2.45, 2.75) is 26.3 Å². The van der Waals surface area contributed by atoms with E-state index in [0.717, 1.165) is 22.3 Å². The minimum Gasteiger partial charge on any atom is -0.305 e. The van der Waals surface area contributed by atoms with Gasteiger partial charge in [-0.05, 0) is 60.1 Å². The first-order valence-corrected chi connectivity index (χ1v) is 8.45. The molecule has 0 bridgehead atoms. The largest absolute Gasteiger partial charge is 0.305 e. The molecule has 2 rings (SSSR count). The van der Waals surface area contributed by atoms with E-state index in [1.54, 1.807) is 23.5 Å². The van der Waals surface area contributed by atoms with Crippen LogP contribution >= 0.6 is 38.9 Å². The predicted molar refractivity (Wildman–Crippen MR) is 88.3 cm³/mol. The summed E-state index contributed by atoms with van der Waals surface area (Å²) >= 11 is 11.3. The zero-order valence-corrected chi connectivity index (χ0v) is 14.5. The summed E-state index contributed by atoms with van der Waals surface area (Å²) in [5.74, 6) is -0.235. The second kappa shape index (κ2) is 7.03. The first-order valence-electron chi connectivity index (χ1n) is 6.47. The second-order valence-electron chi connectivity index (χ2n) is 4.62. The lowest BCUT2D eigenvalue weighted by molar-refractivity contribution is 0.550. The topological polar surface area (TPSA) is 12.0 Å². The lowest BCUT2D eigenvalue weighted by Gasteiger charge is -2.19. The number of aryl methyl sites for hydroxylation is 1. The third-order valence-electron chi connectivity index (χ3n) is 2.97. The monoisotopic (exact) mass is 375 g/mol.